The lowest BCUT2D eigenvalue weighted by Crippen LogP contribution is -2.38. The van der Waals surface area contributed by atoms with E-state index in [-0.39, 0.29) is 0 Å². The zero-order chi connectivity index (χ0) is 13.9. The van der Waals surface area contributed by atoms with Crippen LogP contribution >= 0.6 is 0 Å². The first-order valence-corrected chi connectivity index (χ1v) is 6.96. The van der Waals surface area contributed by atoms with Crippen molar-refractivity contribution in [2.75, 3.05) is 42.3 Å². The number of aromatic nitrogens is 1. The van der Waals surface area contributed by atoms with Crippen molar-refractivity contribution in [2.24, 2.45) is 0 Å². The molecule has 0 saturated carbocycles. The lowest BCUT2D eigenvalue weighted by Gasteiger charge is -2.37. The Morgan fingerprint density at radius 3 is 2.75 bits per heavy atom. The quantitative estimate of drug-likeness (QED) is 0.927. The minimum absolute atomic E-state index is 0.919. The summed E-state index contributed by atoms with van der Waals surface area (Å²) < 4.78 is 0. The lowest BCUT2D eigenvalue weighted by molar-refractivity contribution is 0.734. The van der Waals surface area contributed by atoms with E-state index in [0.717, 1.165) is 25.5 Å². The summed E-state index contributed by atoms with van der Waals surface area (Å²) in [5, 5.41) is 3.09. The SMILES string of the molecule is CNc1cc(CN2CCN(C)c3ccccc32)ccn1. The summed E-state index contributed by atoms with van der Waals surface area (Å²) in [5.74, 6) is 0.921. The standard InChI is InChI=1S/C16H20N4/c1-17-16-11-13(7-8-18-16)12-20-10-9-19(2)14-5-3-4-6-15(14)20/h3-8,11H,9-10,12H2,1-2H3,(H,17,18). The Kier molecular flexibility index (Phi) is 3.46. The van der Waals surface area contributed by atoms with Gasteiger partial charge in [-0.3, -0.25) is 0 Å². The van der Waals surface area contributed by atoms with Crippen molar-refractivity contribution in [1.82, 2.24) is 4.98 Å². The Hall–Kier alpha value is -2.23. The van der Waals surface area contributed by atoms with Crippen molar-refractivity contribution in [3.8, 4) is 0 Å². The maximum atomic E-state index is 4.27. The second-order valence-electron chi connectivity index (χ2n) is 5.13. The summed E-state index contributed by atoms with van der Waals surface area (Å²) in [6, 6.07) is 12.8. The molecule has 1 aliphatic heterocycles. The predicted octanol–water partition coefficient (Wildman–Crippen LogP) is 2.58. The Morgan fingerprint density at radius 2 is 1.95 bits per heavy atom. The average molecular weight is 268 g/mol. The highest BCUT2D eigenvalue weighted by molar-refractivity contribution is 5.73. The lowest BCUT2D eigenvalue weighted by atomic mass is 10.1. The number of anilines is 3. The van der Waals surface area contributed by atoms with Gasteiger partial charge in [0.15, 0.2) is 0 Å². The zero-order valence-electron chi connectivity index (χ0n) is 12.0. The summed E-state index contributed by atoms with van der Waals surface area (Å²) >= 11 is 0. The van der Waals surface area contributed by atoms with Crippen LogP contribution in [-0.2, 0) is 6.54 Å². The van der Waals surface area contributed by atoms with Crippen LogP contribution in [0.2, 0.25) is 0 Å². The number of nitrogens with one attached hydrogen (secondary N) is 1. The molecule has 1 N–H and O–H groups in total. The molecule has 0 unspecified atom stereocenters. The maximum absolute atomic E-state index is 4.27. The van der Waals surface area contributed by atoms with Crippen LogP contribution in [0.25, 0.3) is 0 Å². The molecule has 3 rings (SSSR count). The summed E-state index contributed by atoms with van der Waals surface area (Å²) in [7, 11) is 4.05. The van der Waals surface area contributed by atoms with E-state index in [0.29, 0.717) is 0 Å². The Bertz CT molecular complexity index is 597. The van der Waals surface area contributed by atoms with Crippen molar-refractivity contribution < 1.29 is 0 Å². The van der Waals surface area contributed by atoms with E-state index in [2.05, 4.69) is 63.5 Å². The molecule has 1 aromatic carbocycles. The summed E-state index contributed by atoms with van der Waals surface area (Å²) in [6.45, 7) is 3.02. The van der Waals surface area contributed by atoms with Crippen molar-refractivity contribution in [1.29, 1.82) is 0 Å². The molecule has 0 saturated heterocycles. The Morgan fingerprint density at radius 1 is 1.15 bits per heavy atom. The second-order valence-corrected chi connectivity index (χ2v) is 5.13. The van der Waals surface area contributed by atoms with E-state index in [9.17, 15) is 0 Å². The fourth-order valence-corrected chi connectivity index (χ4v) is 2.66. The fraction of sp³-hybridized carbons (Fsp3) is 0.312. The number of pyridine rings is 1. The van der Waals surface area contributed by atoms with Gasteiger partial charge in [0.2, 0.25) is 0 Å². The normalized spacial score (nSPS) is 14.1. The van der Waals surface area contributed by atoms with Crippen molar-refractivity contribution in [2.45, 2.75) is 6.54 Å². The minimum Gasteiger partial charge on any atom is -0.373 e. The molecule has 0 aliphatic carbocycles. The predicted molar refractivity (Wildman–Crippen MR) is 84.5 cm³/mol. The second kappa shape index (κ2) is 5.41. The first-order valence-electron chi connectivity index (χ1n) is 6.96. The van der Waals surface area contributed by atoms with Gasteiger partial charge in [-0.15, -0.1) is 0 Å². The molecule has 0 spiro atoms. The summed E-state index contributed by atoms with van der Waals surface area (Å²) in [4.78, 5) is 9.02. The first-order chi connectivity index (χ1) is 9.78. The molecule has 20 heavy (non-hydrogen) atoms. The van der Waals surface area contributed by atoms with Gasteiger partial charge in [-0.25, -0.2) is 4.98 Å². The van der Waals surface area contributed by atoms with Crippen LogP contribution in [0.4, 0.5) is 17.2 Å². The molecule has 0 fully saturated rings. The molecule has 0 amide bonds. The van der Waals surface area contributed by atoms with Crippen LogP contribution in [0.15, 0.2) is 42.6 Å². The smallest absolute Gasteiger partial charge is 0.125 e. The van der Waals surface area contributed by atoms with Gasteiger partial charge in [0.05, 0.1) is 11.4 Å². The van der Waals surface area contributed by atoms with Crippen LogP contribution < -0.4 is 15.1 Å². The highest BCUT2D eigenvalue weighted by atomic mass is 15.2. The van der Waals surface area contributed by atoms with Gasteiger partial charge in [0.25, 0.3) is 0 Å². The van der Waals surface area contributed by atoms with Crippen LogP contribution in [0.3, 0.4) is 0 Å². The minimum atomic E-state index is 0.919. The molecule has 104 valence electrons. The van der Waals surface area contributed by atoms with Gasteiger partial charge in [-0.2, -0.15) is 0 Å². The van der Waals surface area contributed by atoms with E-state index in [4.69, 9.17) is 0 Å². The van der Waals surface area contributed by atoms with Gasteiger partial charge in [-0.1, -0.05) is 12.1 Å². The molecule has 1 aliphatic rings. The largest absolute Gasteiger partial charge is 0.373 e. The van der Waals surface area contributed by atoms with Gasteiger partial charge in [0, 0.05) is 39.9 Å². The van der Waals surface area contributed by atoms with E-state index in [1.165, 1.54) is 16.9 Å². The molecular formula is C16H20N4. The van der Waals surface area contributed by atoms with E-state index >= 15 is 0 Å². The third-order valence-corrected chi connectivity index (χ3v) is 3.79. The monoisotopic (exact) mass is 268 g/mol. The number of hydrogen-bond donors (Lipinski definition) is 1. The molecule has 2 aromatic rings. The summed E-state index contributed by atoms with van der Waals surface area (Å²) in [5.41, 5.74) is 3.90. The molecule has 0 radical (unpaired) electrons. The van der Waals surface area contributed by atoms with Gasteiger partial charge >= 0.3 is 0 Å². The molecule has 4 heteroatoms. The number of nitrogens with zero attached hydrogens (tertiary/aromatic N) is 3. The molecule has 4 nitrogen and oxygen atoms in total. The summed E-state index contributed by atoms with van der Waals surface area (Å²) in [6.07, 6.45) is 1.86. The van der Waals surface area contributed by atoms with E-state index in [1.807, 2.05) is 13.2 Å². The van der Waals surface area contributed by atoms with Crippen molar-refractivity contribution in [3.05, 3.63) is 48.2 Å². The Balaban J connectivity index is 1.86. The van der Waals surface area contributed by atoms with Crippen LogP contribution in [0.5, 0.6) is 0 Å². The third-order valence-electron chi connectivity index (χ3n) is 3.79. The number of benzene rings is 1. The Labute approximate surface area is 120 Å². The molecular weight excluding hydrogens is 248 g/mol. The average Bonchev–Trinajstić information content (AvgIpc) is 2.51. The van der Waals surface area contributed by atoms with Crippen molar-refractivity contribution in [3.63, 3.8) is 0 Å². The number of hydrogen-bond acceptors (Lipinski definition) is 4. The molecule has 2 heterocycles. The third kappa shape index (κ3) is 2.41. The van der Waals surface area contributed by atoms with E-state index in [1.54, 1.807) is 0 Å². The topological polar surface area (TPSA) is 31.4 Å². The van der Waals surface area contributed by atoms with Gasteiger partial charge in [0.1, 0.15) is 5.82 Å². The van der Waals surface area contributed by atoms with E-state index < -0.39 is 0 Å². The molecule has 0 bridgehead atoms. The fourth-order valence-electron chi connectivity index (χ4n) is 2.66. The zero-order valence-corrected chi connectivity index (χ0v) is 12.0. The first kappa shape index (κ1) is 12.8. The highest BCUT2D eigenvalue weighted by Gasteiger charge is 2.19. The number of rotatable bonds is 3. The number of likely N-dealkylation sites (N-methyl/N-ethyl adjacent to an activating group) is 1. The molecule has 0 atom stereocenters. The van der Waals surface area contributed by atoms with Gasteiger partial charge < -0.3 is 15.1 Å². The number of fused-ring (bicyclic) bond motifs is 1. The number of para-hydroxylation sites is 2. The highest BCUT2D eigenvalue weighted by Crippen LogP contribution is 2.32. The van der Waals surface area contributed by atoms with Crippen molar-refractivity contribution >= 4 is 17.2 Å². The van der Waals surface area contributed by atoms with Crippen LogP contribution in [0, 0.1) is 0 Å². The van der Waals surface area contributed by atoms with Gasteiger partial charge in [-0.05, 0) is 29.8 Å². The van der Waals surface area contributed by atoms with Crippen LogP contribution in [0.1, 0.15) is 5.56 Å². The van der Waals surface area contributed by atoms with Crippen LogP contribution in [-0.4, -0.2) is 32.2 Å². The maximum Gasteiger partial charge on any atom is 0.125 e. The molecule has 1 aromatic heterocycles.